The molecule has 0 aliphatic carbocycles. The molecular weight excluding hydrogens is 200 g/mol. The molecule has 1 atom stereocenters. The van der Waals surface area contributed by atoms with Gasteiger partial charge in [0.05, 0.1) is 6.04 Å². The summed E-state index contributed by atoms with van der Waals surface area (Å²) in [4.78, 5) is 3.65. The lowest BCUT2D eigenvalue weighted by Crippen LogP contribution is -2.20. The first-order valence-electron chi connectivity index (χ1n) is 3.37. The third-order valence-corrected chi connectivity index (χ3v) is 1.50. The van der Waals surface area contributed by atoms with E-state index in [9.17, 15) is 8.78 Å². The molecule has 6 heteroatoms. The quantitative estimate of drug-likeness (QED) is 0.773. The van der Waals surface area contributed by atoms with Gasteiger partial charge in [-0.3, -0.25) is 0 Å². The van der Waals surface area contributed by atoms with Crippen molar-refractivity contribution in [3.05, 3.63) is 23.9 Å². The van der Waals surface area contributed by atoms with Gasteiger partial charge in [0, 0.05) is 11.8 Å². The Balaban J connectivity index is 0.00000144. The summed E-state index contributed by atoms with van der Waals surface area (Å²) in [5.41, 5.74) is 10.7. The first-order chi connectivity index (χ1) is 5.63. The molecule has 1 aromatic rings. The summed E-state index contributed by atoms with van der Waals surface area (Å²) in [6.45, 7) is 0. The lowest BCUT2D eigenvalue weighted by molar-refractivity contribution is 0.116. The maximum absolute atomic E-state index is 12.1. The van der Waals surface area contributed by atoms with Crippen LogP contribution in [0.1, 0.15) is 11.6 Å². The van der Waals surface area contributed by atoms with Crippen LogP contribution in [0.2, 0.25) is 0 Å². The predicted octanol–water partition coefficient (Wildman–Crippen LogP) is 1.35. The summed E-state index contributed by atoms with van der Waals surface area (Å²) in [5.74, 6) is 0.0605. The number of hydrogen-bond donors (Lipinski definition) is 2. The van der Waals surface area contributed by atoms with Crippen LogP contribution in [0.5, 0.6) is 0 Å². The van der Waals surface area contributed by atoms with Crippen molar-refractivity contribution in [2.24, 2.45) is 5.73 Å². The van der Waals surface area contributed by atoms with E-state index in [1.54, 1.807) is 0 Å². The summed E-state index contributed by atoms with van der Waals surface area (Å²) < 4.78 is 24.2. The summed E-state index contributed by atoms with van der Waals surface area (Å²) in [6, 6.07) is 1.62. The summed E-state index contributed by atoms with van der Waals surface area (Å²) in [7, 11) is 0. The van der Waals surface area contributed by atoms with Crippen LogP contribution in [0.25, 0.3) is 0 Å². The van der Waals surface area contributed by atoms with Crippen molar-refractivity contribution in [3.63, 3.8) is 0 Å². The highest BCUT2D eigenvalue weighted by atomic mass is 35.5. The minimum absolute atomic E-state index is 0. The summed E-state index contributed by atoms with van der Waals surface area (Å²) in [5, 5.41) is 0. The Hall–Kier alpha value is -0.940. The van der Waals surface area contributed by atoms with Crippen molar-refractivity contribution in [2.75, 3.05) is 5.73 Å². The van der Waals surface area contributed by atoms with E-state index in [0.29, 0.717) is 0 Å². The van der Waals surface area contributed by atoms with Crippen LogP contribution in [0.3, 0.4) is 0 Å². The summed E-state index contributed by atoms with van der Waals surface area (Å²) in [6.07, 6.45) is -1.19. The molecule has 0 bridgehead atoms. The van der Waals surface area contributed by atoms with Gasteiger partial charge < -0.3 is 11.5 Å². The highest BCUT2D eigenvalue weighted by Crippen LogP contribution is 2.21. The number of nitrogens with zero attached hydrogens (tertiary/aromatic N) is 1. The summed E-state index contributed by atoms with van der Waals surface area (Å²) >= 11 is 0. The van der Waals surface area contributed by atoms with Crippen LogP contribution in [0.15, 0.2) is 18.3 Å². The van der Waals surface area contributed by atoms with Gasteiger partial charge in [-0.25, -0.2) is 13.8 Å². The lowest BCUT2D eigenvalue weighted by Gasteiger charge is -2.11. The Labute approximate surface area is 80.5 Å². The van der Waals surface area contributed by atoms with Gasteiger partial charge in [0.2, 0.25) is 0 Å². The Bertz CT molecular complexity index is 270. The van der Waals surface area contributed by atoms with Crippen LogP contribution in [0, 0.1) is 0 Å². The normalized spacial score (nSPS) is 12.3. The number of rotatable bonds is 2. The fourth-order valence-electron chi connectivity index (χ4n) is 0.848. The van der Waals surface area contributed by atoms with Crippen molar-refractivity contribution in [1.82, 2.24) is 4.98 Å². The molecule has 3 nitrogen and oxygen atoms in total. The molecule has 1 rings (SSSR count). The van der Waals surface area contributed by atoms with Gasteiger partial charge in [-0.1, -0.05) is 6.07 Å². The number of anilines is 1. The highest BCUT2D eigenvalue weighted by molar-refractivity contribution is 5.85. The molecule has 0 aliphatic heterocycles. The zero-order chi connectivity index (χ0) is 9.14. The van der Waals surface area contributed by atoms with Gasteiger partial charge in [-0.05, 0) is 6.07 Å². The second kappa shape index (κ2) is 4.94. The average Bonchev–Trinajstić information content (AvgIpc) is 2.04. The van der Waals surface area contributed by atoms with Gasteiger partial charge in [0.25, 0.3) is 6.43 Å². The third-order valence-electron chi connectivity index (χ3n) is 1.50. The Morgan fingerprint density at radius 2 is 2.00 bits per heavy atom. The molecule has 0 spiro atoms. The molecular formula is C7H10ClF2N3. The number of aromatic nitrogens is 1. The Kier molecular flexibility index (Phi) is 4.58. The number of nitrogen functional groups attached to an aromatic ring is 1. The third kappa shape index (κ3) is 2.78. The molecule has 4 N–H and O–H groups in total. The van der Waals surface area contributed by atoms with Crippen LogP contribution in [-0.2, 0) is 0 Å². The molecule has 1 aromatic heterocycles. The number of halogens is 3. The molecule has 0 aromatic carbocycles. The van der Waals surface area contributed by atoms with E-state index >= 15 is 0 Å². The van der Waals surface area contributed by atoms with Gasteiger partial charge in [-0.2, -0.15) is 0 Å². The average molecular weight is 210 g/mol. The van der Waals surface area contributed by atoms with Crippen molar-refractivity contribution >= 4 is 18.2 Å². The molecule has 0 aliphatic rings. The monoisotopic (exact) mass is 209 g/mol. The standard InChI is InChI=1S/C7H9F2N3.ClH/c8-6(9)5(10)4-2-1-3-12-7(4)11;/h1-3,5-6H,10H2,(H2,11,12);1H/t5-;/m0./s1. The number of alkyl halides is 2. The SMILES string of the molecule is Cl.Nc1ncccc1[C@H](N)C(F)F. The molecule has 74 valence electrons. The first-order valence-corrected chi connectivity index (χ1v) is 3.37. The first kappa shape index (κ1) is 12.1. The maximum Gasteiger partial charge on any atom is 0.257 e. The zero-order valence-electron chi connectivity index (χ0n) is 6.65. The van der Waals surface area contributed by atoms with Crippen LogP contribution >= 0.6 is 12.4 Å². The smallest absolute Gasteiger partial charge is 0.257 e. The van der Waals surface area contributed by atoms with Gasteiger partial charge in [0.15, 0.2) is 0 Å². The Morgan fingerprint density at radius 1 is 1.38 bits per heavy atom. The van der Waals surface area contributed by atoms with E-state index in [2.05, 4.69) is 4.98 Å². The van der Waals surface area contributed by atoms with Crippen LogP contribution in [-0.4, -0.2) is 11.4 Å². The van der Waals surface area contributed by atoms with E-state index in [-0.39, 0.29) is 23.8 Å². The predicted molar refractivity (Wildman–Crippen MR) is 48.8 cm³/mol. The van der Waals surface area contributed by atoms with E-state index in [0.717, 1.165) is 0 Å². The van der Waals surface area contributed by atoms with E-state index in [4.69, 9.17) is 11.5 Å². The highest BCUT2D eigenvalue weighted by Gasteiger charge is 2.19. The van der Waals surface area contributed by atoms with E-state index in [1.165, 1.54) is 18.3 Å². The van der Waals surface area contributed by atoms with Gasteiger partial charge in [0.1, 0.15) is 5.82 Å². The largest absolute Gasteiger partial charge is 0.383 e. The molecule has 13 heavy (non-hydrogen) atoms. The molecule has 1 heterocycles. The van der Waals surface area contributed by atoms with E-state index in [1.807, 2.05) is 0 Å². The van der Waals surface area contributed by atoms with Crippen molar-refractivity contribution < 1.29 is 8.78 Å². The molecule has 0 amide bonds. The molecule has 0 saturated heterocycles. The molecule has 0 saturated carbocycles. The van der Waals surface area contributed by atoms with Crippen LogP contribution < -0.4 is 11.5 Å². The minimum Gasteiger partial charge on any atom is -0.383 e. The van der Waals surface area contributed by atoms with Crippen molar-refractivity contribution in [1.29, 1.82) is 0 Å². The topological polar surface area (TPSA) is 64.9 Å². The fraction of sp³-hybridized carbons (Fsp3) is 0.286. The van der Waals surface area contributed by atoms with Gasteiger partial charge >= 0.3 is 0 Å². The zero-order valence-corrected chi connectivity index (χ0v) is 7.47. The van der Waals surface area contributed by atoms with Gasteiger partial charge in [-0.15, -0.1) is 12.4 Å². The second-order valence-electron chi connectivity index (χ2n) is 2.34. The number of hydrogen-bond acceptors (Lipinski definition) is 3. The Morgan fingerprint density at radius 3 is 2.46 bits per heavy atom. The maximum atomic E-state index is 12.1. The lowest BCUT2D eigenvalue weighted by atomic mass is 10.1. The second-order valence-corrected chi connectivity index (χ2v) is 2.34. The minimum atomic E-state index is -2.61. The van der Waals surface area contributed by atoms with E-state index < -0.39 is 12.5 Å². The van der Waals surface area contributed by atoms with Crippen LogP contribution in [0.4, 0.5) is 14.6 Å². The number of pyridine rings is 1. The fourth-order valence-corrected chi connectivity index (χ4v) is 0.848. The molecule has 0 unspecified atom stereocenters. The molecule has 0 fully saturated rings. The van der Waals surface area contributed by atoms with Crippen molar-refractivity contribution in [2.45, 2.75) is 12.5 Å². The van der Waals surface area contributed by atoms with Crippen molar-refractivity contribution in [3.8, 4) is 0 Å². The number of nitrogens with two attached hydrogens (primary N) is 2. The molecule has 0 radical (unpaired) electrons.